The van der Waals surface area contributed by atoms with Gasteiger partial charge in [0.25, 0.3) is 5.78 Å². The standard InChI is InChI=1S/C41H38N4O5/c1-7-21-49-31-17-19-35-33(23-31)40(47,29-13-9-27(10-14-29)25(3)4)44-38(42-35)37(46)39-43-36-20-18-32(50-22-8-2)24-34(36)41(48,45-39)30-15-11-28(12-16-30)26(5)6/h1-2,9-20,23-26,47-48H,21-22H2,3-6H3,(H,42,44)(H,43,45). The number of carbonyl (C=O) groups is 1. The number of fused-ring (bicyclic) bond motifs is 2. The van der Waals surface area contributed by atoms with Crippen LogP contribution in [-0.2, 0) is 16.2 Å². The SMILES string of the molecule is C#CCOc1ccc2c(c1)C(O)(c1ccc(C(C)C)cc1)N=C(C(=O)C1=NC(O)(c3ccc(C(C)C)cc3)c3cc(OCC#C)ccc3N1)N2. The number of nitrogens with zero attached hydrogens (tertiary/aromatic N) is 2. The number of terminal acetylenes is 2. The van der Waals surface area contributed by atoms with E-state index in [1.165, 1.54) is 0 Å². The van der Waals surface area contributed by atoms with Crippen LogP contribution in [0.25, 0.3) is 0 Å². The number of hydrogen-bond donors (Lipinski definition) is 4. The first kappa shape index (κ1) is 34.0. The minimum absolute atomic E-state index is 0.0360. The highest BCUT2D eigenvalue weighted by Crippen LogP contribution is 2.43. The topological polar surface area (TPSA) is 125 Å². The van der Waals surface area contributed by atoms with Crippen LogP contribution in [0, 0.1) is 24.7 Å². The van der Waals surface area contributed by atoms with Crippen molar-refractivity contribution in [2.75, 3.05) is 23.8 Å². The number of ketones is 1. The largest absolute Gasteiger partial charge is 0.481 e. The third-order valence-corrected chi connectivity index (χ3v) is 8.82. The number of benzene rings is 4. The molecule has 2 aliphatic heterocycles. The molecule has 4 aromatic carbocycles. The van der Waals surface area contributed by atoms with Crippen LogP contribution >= 0.6 is 0 Å². The van der Waals surface area contributed by atoms with Gasteiger partial charge in [0.2, 0.25) is 11.4 Å². The van der Waals surface area contributed by atoms with Gasteiger partial charge >= 0.3 is 0 Å². The Kier molecular flexibility index (Phi) is 9.22. The summed E-state index contributed by atoms with van der Waals surface area (Å²) in [6, 6.07) is 24.9. The molecule has 50 heavy (non-hydrogen) atoms. The fourth-order valence-corrected chi connectivity index (χ4v) is 5.99. The summed E-state index contributed by atoms with van der Waals surface area (Å²) < 4.78 is 11.3. The molecule has 4 N–H and O–H groups in total. The van der Waals surface area contributed by atoms with Crippen molar-refractivity contribution >= 4 is 28.8 Å². The first-order valence-corrected chi connectivity index (χ1v) is 16.3. The third-order valence-electron chi connectivity index (χ3n) is 8.82. The summed E-state index contributed by atoms with van der Waals surface area (Å²) in [5.41, 5.74) is 0.639. The Morgan fingerprint density at radius 2 is 1.06 bits per heavy atom. The normalized spacial score (nSPS) is 19.1. The van der Waals surface area contributed by atoms with Crippen LogP contribution < -0.4 is 20.1 Å². The van der Waals surface area contributed by atoms with E-state index in [1.54, 1.807) is 60.7 Å². The zero-order valence-electron chi connectivity index (χ0n) is 28.3. The van der Waals surface area contributed by atoms with Crippen LogP contribution in [0.15, 0.2) is 94.9 Å². The number of hydrogen-bond acceptors (Lipinski definition) is 9. The second-order valence-electron chi connectivity index (χ2n) is 12.8. The lowest BCUT2D eigenvalue weighted by Gasteiger charge is -2.35. The van der Waals surface area contributed by atoms with Gasteiger partial charge in [0.1, 0.15) is 24.7 Å². The first-order chi connectivity index (χ1) is 24.0. The minimum Gasteiger partial charge on any atom is -0.481 e. The molecular formula is C41H38N4O5. The Morgan fingerprint density at radius 1 is 0.680 bits per heavy atom. The lowest BCUT2D eigenvalue weighted by molar-refractivity contribution is -0.107. The van der Waals surface area contributed by atoms with Crippen LogP contribution in [0.2, 0.25) is 0 Å². The molecule has 0 aromatic heterocycles. The predicted octanol–water partition coefficient (Wildman–Crippen LogP) is 6.26. The highest BCUT2D eigenvalue weighted by atomic mass is 16.5. The van der Waals surface area contributed by atoms with Crippen molar-refractivity contribution in [2.24, 2.45) is 9.98 Å². The van der Waals surface area contributed by atoms with Crippen molar-refractivity contribution in [3.8, 4) is 36.2 Å². The number of aliphatic hydroxyl groups is 2. The number of anilines is 2. The quantitative estimate of drug-likeness (QED) is 0.147. The van der Waals surface area contributed by atoms with E-state index < -0.39 is 17.2 Å². The summed E-state index contributed by atoms with van der Waals surface area (Å²) >= 11 is 0. The molecule has 2 aliphatic rings. The van der Waals surface area contributed by atoms with Crippen molar-refractivity contribution in [3.63, 3.8) is 0 Å². The van der Waals surface area contributed by atoms with Crippen LogP contribution in [0.1, 0.15) is 72.9 Å². The molecule has 2 atom stereocenters. The minimum atomic E-state index is -1.99. The van der Waals surface area contributed by atoms with E-state index in [-0.39, 0.29) is 36.7 Å². The number of carbonyl (C=O) groups excluding carboxylic acids is 1. The Morgan fingerprint density at radius 3 is 1.40 bits per heavy atom. The summed E-state index contributed by atoms with van der Waals surface area (Å²) in [6.45, 7) is 8.38. The summed E-state index contributed by atoms with van der Waals surface area (Å²) in [4.78, 5) is 23.7. The van der Waals surface area contributed by atoms with E-state index in [9.17, 15) is 15.0 Å². The molecule has 252 valence electrons. The first-order valence-electron chi connectivity index (χ1n) is 16.3. The Labute approximate surface area is 292 Å². The van der Waals surface area contributed by atoms with Gasteiger partial charge in [-0.25, -0.2) is 9.98 Å². The molecule has 0 spiro atoms. The number of rotatable bonds is 10. The van der Waals surface area contributed by atoms with Crippen molar-refractivity contribution in [1.82, 2.24) is 0 Å². The van der Waals surface area contributed by atoms with Gasteiger partial charge in [-0.3, -0.25) is 4.79 Å². The number of nitrogens with one attached hydrogen (secondary N) is 2. The molecule has 0 aliphatic carbocycles. The van der Waals surface area contributed by atoms with Gasteiger partial charge in [-0.15, -0.1) is 12.8 Å². The van der Waals surface area contributed by atoms with Crippen molar-refractivity contribution < 1.29 is 24.5 Å². The number of ether oxygens (including phenoxy) is 2. The smallest absolute Gasteiger partial charge is 0.262 e. The summed E-state index contributed by atoms with van der Waals surface area (Å²) in [7, 11) is 0. The zero-order chi connectivity index (χ0) is 35.6. The number of amidine groups is 2. The molecule has 0 amide bonds. The molecular weight excluding hydrogens is 628 g/mol. The van der Waals surface area contributed by atoms with Crippen LogP contribution in [-0.4, -0.2) is 40.9 Å². The molecule has 4 aromatic rings. The van der Waals surface area contributed by atoms with Crippen LogP contribution in [0.4, 0.5) is 11.4 Å². The summed E-state index contributed by atoms with van der Waals surface area (Å²) in [6.07, 6.45) is 10.8. The molecule has 0 bridgehead atoms. The highest BCUT2D eigenvalue weighted by molar-refractivity contribution is 6.69. The fraction of sp³-hybridized carbons (Fsp3) is 0.244. The summed E-state index contributed by atoms with van der Waals surface area (Å²) in [5, 5.41) is 30.9. The van der Waals surface area contributed by atoms with Gasteiger partial charge in [0.15, 0.2) is 11.7 Å². The van der Waals surface area contributed by atoms with E-state index in [1.807, 2.05) is 24.3 Å². The van der Waals surface area contributed by atoms with Gasteiger partial charge in [0.05, 0.1) is 0 Å². The lowest BCUT2D eigenvalue weighted by Crippen LogP contribution is -2.44. The van der Waals surface area contributed by atoms with Crippen LogP contribution in [0.5, 0.6) is 11.5 Å². The number of Topliss-reactive ketones (excluding diaryl/α,β-unsaturated/α-hetero) is 1. The lowest BCUT2D eigenvalue weighted by atomic mass is 9.89. The van der Waals surface area contributed by atoms with E-state index in [0.29, 0.717) is 45.1 Å². The monoisotopic (exact) mass is 666 g/mol. The fourth-order valence-electron chi connectivity index (χ4n) is 5.99. The van der Waals surface area contributed by atoms with E-state index >= 15 is 0 Å². The second-order valence-corrected chi connectivity index (χ2v) is 12.8. The van der Waals surface area contributed by atoms with E-state index in [0.717, 1.165) is 11.1 Å². The van der Waals surface area contributed by atoms with Crippen LogP contribution in [0.3, 0.4) is 0 Å². The van der Waals surface area contributed by atoms with Crippen molar-refractivity contribution in [2.45, 2.75) is 51.0 Å². The molecule has 9 heteroatoms. The van der Waals surface area contributed by atoms with Gasteiger partial charge in [-0.1, -0.05) is 88.1 Å². The predicted molar refractivity (Wildman–Crippen MR) is 196 cm³/mol. The van der Waals surface area contributed by atoms with Gasteiger partial charge in [-0.2, -0.15) is 0 Å². The molecule has 0 saturated carbocycles. The maximum absolute atomic E-state index is 14.4. The highest BCUT2D eigenvalue weighted by Gasteiger charge is 2.43. The average Bonchev–Trinajstić information content (AvgIpc) is 3.12. The zero-order valence-corrected chi connectivity index (χ0v) is 28.3. The summed E-state index contributed by atoms with van der Waals surface area (Å²) in [5.74, 6) is 5.21. The maximum Gasteiger partial charge on any atom is 0.262 e. The van der Waals surface area contributed by atoms with Gasteiger partial charge in [-0.05, 0) is 59.4 Å². The van der Waals surface area contributed by atoms with E-state index in [4.69, 9.17) is 22.3 Å². The Bertz CT molecular complexity index is 1940. The Hall–Kier alpha value is -5.87. The van der Waals surface area contributed by atoms with Crippen molar-refractivity contribution in [3.05, 3.63) is 118 Å². The van der Waals surface area contributed by atoms with Gasteiger partial charge < -0.3 is 30.3 Å². The molecule has 6 rings (SSSR count). The average molecular weight is 667 g/mol. The second kappa shape index (κ2) is 13.6. The van der Waals surface area contributed by atoms with E-state index in [2.05, 4.69) is 60.2 Å². The van der Waals surface area contributed by atoms with Crippen molar-refractivity contribution in [1.29, 1.82) is 0 Å². The maximum atomic E-state index is 14.4. The molecule has 0 saturated heterocycles. The molecule has 0 radical (unpaired) electrons. The molecule has 0 fully saturated rings. The Balaban J connectivity index is 1.46. The molecule has 2 heterocycles. The molecule has 9 nitrogen and oxygen atoms in total. The van der Waals surface area contributed by atoms with Gasteiger partial charge in [0, 0.05) is 33.6 Å². The third kappa shape index (κ3) is 6.33. The molecule has 2 unspecified atom stereocenters. The number of aliphatic imine (C=N–C) groups is 2.